The molecule has 0 bridgehead atoms. The minimum Gasteiger partial charge on any atom is -0.392 e. The van der Waals surface area contributed by atoms with Crippen LogP contribution < -0.4 is 0 Å². The molecule has 0 aromatic heterocycles. The van der Waals surface area contributed by atoms with Gasteiger partial charge in [0.15, 0.2) is 11.6 Å². The molecule has 3 fully saturated rings. The predicted molar refractivity (Wildman–Crippen MR) is 178 cm³/mol. The van der Waals surface area contributed by atoms with Gasteiger partial charge >= 0.3 is 0 Å². The van der Waals surface area contributed by atoms with Gasteiger partial charge in [0.2, 0.25) is 0 Å². The third-order valence-corrected chi connectivity index (χ3v) is 12.6. The molecular formula is C37H68O9. The first-order valence-corrected chi connectivity index (χ1v) is 18.5. The number of aliphatic hydroxyl groups is 5. The summed E-state index contributed by atoms with van der Waals surface area (Å²) < 4.78 is 19.6. The molecule has 9 heteroatoms. The molecule has 3 rings (SSSR count). The molecule has 3 aliphatic heterocycles. The average molecular weight is 657 g/mol. The molecule has 3 heterocycles. The van der Waals surface area contributed by atoms with Crippen molar-refractivity contribution in [3.63, 3.8) is 0 Å². The third kappa shape index (κ3) is 6.87. The van der Waals surface area contributed by atoms with Crippen LogP contribution in [0.15, 0.2) is 0 Å². The van der Waals surface area contributed by atoms with Crippen molar-refractivity contribution in [2.45, 2.75) is 187 Å². The van der Waals surface area contributed by atoms with Gasteiger partial charge in [-0.25, -0.2) is 0 Å². The van der Waals surface area contributed by atoms with E-state index in [2.05, 4.69) is 0 Å². The Morgan fingerprint density at radius 1 is 0.935 bits per heavy atom. The van der Waals surface area contributed by atoms with Gasteiger partial charge in [0, 0.05) is 41.9 Å². The Balaban J connectivity index is 1.82. The Hall–Kier alpha value is -0.650. The molecule has 0 saturated carbocycles. The molecule has 9 nitrogen and oxygen atoms in total. The van der Waals surface area contributed by atoms with Crippen LogP contribution in [0.5, 0.6) is 0 Å². The van der Waals surface area contributed by atoms with Crippen LogP contribution >= 0.6 is 0 Å². The van der Waals surface area contributed by atoms with Crippen LogP contribution in [0.4, 0.5) is 0 Å². The van der Waals surface area contributed by atoms with Crippen molar-refractivity contribution >= 4 is 5.78 Å². The number of carbonyl (C=O) groups is 1. The highest BCUT2D eigenvalue weighted by molar-refractivity contribution is 5.84. The van der Waals surface area contributed by atoms with E-state index >= 15 is 0 Å². The molecule has 0 aromatic rings. The summed E-state index contributed by atoms with van der Waals surface area (Å²) in [5.41, 5.74) is -1.96. The predicted octanol–water partition coefficient (Wildman–Crippen LogP) is 5.36. The lowest BCUT2D eigenvalue weighted by molar-refractivity contribution is -0.334. The second-order valence-electron chi connectivity index (χ2n) is 15.7. The highest BCUT2D eigenvalue weighted by Crippen LogP contribution is 2.56. The summed E-state index contributed by atoms with van der Waals surface area (Å²) in [6.45, 7) is 21.1. The summed E-state index contributed by atoms with van der Waals surface area (Å²) in [6.07, 6.45) is 1.43. The molecule has 46 heavy (non-hydrogen) atoms. The molecule has 0 radical (unpaired) electrons. The minimum atomic E-state index is -1.64. The van der Waals surface area contributed by atoms with Gasteiger partial charge in [-0.2, -0.15) is 0 Å². The fourth-order valence-electron chi connectivity index (χ4n) is 9.46. The zero-order valence-corrected chi connectivity index (χ0v) is 30.7. The minimum absolute atomic E-state index is 0.0653. The Morgan fingerprint density at radius 3 is 2.09 bits per heavy atom. The van der Waals surface area contributed by atoms with Gasteiger partial charge in [-0.05, 0) is 51.4 Å². The number of rotatable bonds is 15. The zero-order chi connectivity index (χ0) is 35.0. The standard InChI is InChI=1S/C37H68O9/c1-12-17-28(38)35(16-5)20-22(7)37(43,46-35)34(11)19-21(6)32(44-34)26(14-3)30(40)23(8)29(39)24(9)33-27(15-4)31(41)25(10)36(42,45-33)18-13-2/h21-29,31-33,38-39,41-43H,12-20H2,1-11H3/t21-,22-,23-,24+,25+,26-,27-,28+,29+,31+,32-,33+,34+,35+,36-,37-/m1/s1. The van der Waals surface area contributed by atoms with Gasteiger partial charge in [0.25, 0.3) is 0 Å². The van der Waals surface area contributed by atoms with E-state index in [1.165, 1.54) is 0 Å². The quantitative estimate of drug-likeness (QED) is 0.157. The maximum absolute atomic E-state index is 14.2. The van der Waals surface area contributed by atoms with Crippen LogP contribution in [-0.4, -0.2) is 84.6 Å². The van der Waals surface area contributed by atoms with Gasteiger partial charge in [0.1, 0.15) is 11.4 Å². The van der Waals surface area contributed by atoms with Crippen LogP contribution in [0.3, 0.4) is 0 Å². The van der Waals surface area contributed by atoms with Crippen molar-refractivity contribution in [1.82, 2.24) is 0 Å². The first-order chi connectivity index (χ1) is 21.4. The van der Waals surface area contributed by atoms with Crippen LogP contribution in [0.25, 0.3) is 0 Å². The Morgan fingerprint density at radius 2 is 1.57 bits per heavy atom. The number of ketones is 1. The van der Waals surface area contributed by atoms with Crippen molar-refractivity contribution in [3.05, 3.63) is 0 Å². The molecule has 3 saturated heterocycles. The summed E-state index contributed by atoms with van der Waals surface area (Å²) in [4.78, 5) is 14.2. The van der Waals surface area contributed by atoms with Crippen LogP contribution in [0, 0.1) is 41.4 Å². The van der Waals surface area contributed by atoms with E-state index in [-0.39, 0.29) is 23.5 Å². The maximum Gasteiger partial charge on any atom is 0.198 e. The lowest BCUT2D eigenvalue weighted by Gasteiger charge is -2.51. The second kappa shape index (κ2) is 15.1. The van der Waals surface area contributed by atoms with E-state index in [1.54, 1.807) is 13.8 Å². The third-order valence-electron chi connectivity index (χ3n) is 12.6. The summed E-state index contributed by atoms with van der Waals surface area (Å²) >= 11 is 0. The van der Waals surface area contributed by atoms with E-state index in [1.807, 2.05) is 62.3 Å². The van der Waals surface area contributed by atoms with Crippen LogP contribution in [0.1, 0.15) is 134 Å². The fraction of sp³-hybridized carbons (Fsp3) is 0.973. The van der Waals surface area contributed by atoms with E-state index in [0.29, 0.717) is 51.4 Å². The number of Topliss-reactive ketones (excluding diaryl/α,β-unsaturated/α-hetero) is 1. The summed E-state index contributed by atoms with van der Waals surface area (Å²) in [5.74, 6) is -6.17. The lowest BCUT2D eigenvalue weighted by atomic mass is 9.71. The first-order valence-electron chi connectivity index (χ1n) is 18.5. The molecule has 3 aliphatic rings. The van der Waals surface area contributed by atoms with Gasteiger partial charge in [-0.3, -0.25) is 4.79 Å². The second-order valence-corrected chi connectivity index (χ2v) is 15.7. The van der Waals surface area contributed by atoms with Crippen molar-refractivity contribution in [1.29, 1.82) is 0 Å². The largest absolute Gasteiger partial charge is 0.392 e. The molecular weight excluding hydrogens is 588 g/mol. The number of hydrogen-bond acceptors (Lipinski definition) is 9. The van der Waals surface area contributed by atoms with Crippen molar-refractivity contribution < 1.29 is 44.5 Å². The Labute approximate surface area is 278 Å². The Kier molecular flexibility index (Phi) is 13.0. The average Bonchev–Trinajstić information content (AvgIpc) is 3.48. The van der Waals surface area contributed by atoms with Crippen molar-refractivity contribution in [3.8, 4) is 0 Å². The van der Waals surface area contributed by atoms with Crippen LogP contribution in [0.2, 0.25) is 0 Å². The first kappa shape index (κ1) is 39.8. The SMILES string of the molecule is CCC[C@H](O)[C@]1(CC)C[C@@H](C)[C@](O)([C@]2(C)C[C@@H](C)[C@H]([C@H](CC)C(=O)[C@H](C)[C@H](O)[C@H](C)[C@@H]3O[C@](O)(CCC)[C@@H](C)[C@H](O)[C@H]3CC)O2)O1. The van der Waals surface area contributed by atoms with Crippen molar-refractivity contribution in [2.75, 3.05) is 0 Å². The number of carbonyl (C=O) groups excluding carboxylic acids is 1. The number of hydrogen-bond donors (Lipinski definition) is 5. The van der Waals surface area contributed by atoms with E-state index in [0.717, 1.165) is 6.42 Å². The fourth-order valence-corrected chi connectivity index (χ4v) is 9.46. The summed E-state index contributed by atoms with van der Waals surface area (Å²) in [5, 5.41) is 57.5. The van der Waals surface area contributed by atoms with Gasteiger partial charge < -0.3 is 39.7 Å². The number of aliphatic hydroxyl groups excluding tert-OH is 3. The monoisotopic (exact) mass is 656 g/mol. The van der Waals surface area contributed by atoms with E-state index in [4.69, 9.17) is 14.2 Å². The molecule has 5 N–H and O–H groups in total. The molecule has 16 atom stereocenters. The normalized spacial score (nSPS) is 44.9. The molecule has 0 spiro atoms. The zero-order valence-electron chi connectivity index (χ0n) is 30.7. The molecule has 0 aromatic carbocycles. The highest BCUT2D eigenvalue weighted by Gasteiger charge is 2.67. The maximum atomic E-state index is 14.2. The van der Waals surface area contributed by atoms with Crippen LogP contribution in [-0.2, 0) is 19.0 Å². The van der Waals surface area contributed by atoms with E-state index in [9.17, 15) is 30.3 Å². The smallest absolute Gasteiger partial charge is 0.198 e. The lowest BCUT2D eigenvalue weighted by Crippen LogP contribution is -2.60. The topological polar surface area (TPSA) is 146 Å². The van der Waals surface area contributed by atoms with Gasteiger partial charge in [0.05, 0.1) is 36.1 Å². The molecule has 0 unspecified atom stereocenters. The molecule has 0 amide bonds. The van der Waals surface area contributed by atoms with Crippen molar-refractivity contribution in [2.24, 2.45) is 41.4 Å². The summed E-state index contributed by atoms with van der Waals surface area (Å²) in [7, 11) is 0. The molecule has 270 valence electrons. The Bertz CT molecular complexity index is 1010. The van der Waals surface area contributed by atoms with Gasteiger partial charge in [-0.1, -0.05) is 82.1 Å². The van der Waals surface area contributed by atoms with E-state index < -0.39 is 77.0 Å². The summed E-state index contributed by atoms with van der Waals surface area (Å²) in [6, 6.07) is 0. The molecule has 0 aliphatic carbocycles. The number of ether oxygens (including phenoxy) is 3. The van der Waals surface area contributed by atoms with Gasteiger partial charge in [-0.15, -0.1) is 0 Å². The highest BCUT2D eigenvalue weighted by atomic mass is 16.7.